The number of hydrogen-bond donors (Lipinski definition) is 1. The lowest BCUT2D eigenvalue weighted by atomic mass is 10.1. The number of aromatic amines is 1. The molecule has 6 heteroatoms. The lowest BCUT2D eigenvalue weighted by Crippen LogP contribution is -2.22. The van der Waals surface area contributed by atoms with Crippen LogP contribution in [-0.2, 0) is 5.54 Å². The van der Waals surface area contributed by atoms with Gasteiger partial charge in [-0.1, -0.05) is 5.21 Å². The third kappa shape index (κ3) is 3.26. The predicted molar refractivity (Wildman–Crippen MR) is 80.8 cm³/mol. The molecular formula is C15H19N5O. The lowest BCUT2D eigenvalue weighted by Gasteiger charge is -2.17. The van der Waals surface area contributed by atoms with Gasteiger partial charge in [-0.3, -0.25) is 4.79 Å². The van der Waals surface area contributed by atoms with Crippen LogP contribution in [0.2, 0.25) is 0 Å². The van der Waals surface area contributed by atoms with Crippen LogP contribution in [0, 0.1) is 0 Å². The molecule has 0 radical (unpaired) electrons. The Kier molecular flexibility index (Phi) is 3.23. The number of hydrogen-bond acceptors (Lipinski definition) is 4. The average molecular weight is 285 g/mol. The van der Waals surface area contributed by atoms with E-state index in [1.165, 1.54) is 6.07 Å². The molecule has 2 aromatic rings. The highest BCUT2D eigenvalue weighted by atomic mass is 16.1. The molecule has 2 heterocycles. The van der Waals surface area contributed by atoms with Gasteiger partial charge in [0, 0.05) is 12.0 Å². The van der Waals surface area contributed by atoms with Gasteiger partial charge >= 0.3 is 0 Å². The van der Waals surface area contributed by atoms with E-state index >= 15 is 0 Å². The smallest absolute Gasteiger partial charge is 0.251 e. The summed E-state index contributed by atoms with van der Waals surface area (Å²) in [6.07, 6.45) is 7.73. The Hall–Kier alpha value is -2.24. The molecular weight excluding hydrogens is 266 g/mol. The van der Waals surface area contributed by atoms with Crippen LogP contribution in [0.1, 0.15) is 56.7 Å². The van der Waals surface area contributed by atoms with E-state index in [9.17, 15) is 4.79 Å². The summed E-state index contributed by atoms with van der Waals surface area (Å²) < 4.78 is 1.81. The minimum Gasteiger partial charge on any atom is -0.310 e. The third-order valence-corrected chi connectivity index (χ3v) is 3.37. The van der Waals surface area contributed by atoms with E-state index in [0.717, 1.165) is 24.4 Å². The molecule has 3 rings (SSSR count). The molecule has 1 aliphatic rings. The summed E-state index contributed by atoms with van der Waals surface area (Å²) in [5, 5.41) is 8.20. The van der Waals surface area contributed by atoms with Gasteiger partial charge in [0.2, 0.25) is 0 Å². The molecule has 1 fully saturated rings. The van der Waals surface area contributed by atoms with Crippen molar-refractivity contribution in [3.8, 4) is 0 Å². The number of H-pyrrole nitrogens is 1. The molecule has 1 aliphatic carbocycles. The van der Waals surface area contributed by atoms with Crippen LogP contribution in [0.4, 0.5) is 0 Å². The third-order valence-electron chi connectivity index (χ3n) is 3.37. The van der Waals surface area contributed by atoms with Gasteiger partial charge < -0.3 is 4.98 Å². The molecule has 110 valence electrons. The predicted octanol–water partition coefficient (Wildman–Crippen LogP) is 2.16. The van der Waals surface area contributed by atoms with E-state index in [1.807, 2.05) is 17.0 Å². The first-order valence-corrected chi connectivity index (χ1v) is 7.14. The second-order valence-electron chi connectivity index (χ2n) is 6.42. The van der Waals surface area contributed by atoms with Crippen molar-refractivity contribution < 1.29 is 0 Å². The molecule has 1 N–H and O–H groups in total. The normalized spacial score (nSPS) is 15.8. The summed E-state index contributed by atoms with van der Waals surface area (Å²) in [4.78, 5) is 18.9. The van der Waals surface area contributed by atoms with E-state index in [0.29, 0.717) is 11.6 Å². The minimum absolute atomic E-state index is 0.0968. The fourth-order valence-electron chi connectivity index (χ4n) is 1.98. The van der Waals surface area contributed by atoms with Crippen LogP contribution in [0.15, 0.2) is 17.1 Å². The Morgan fingerprint density at radius 1 is 1.29 bits per heavy atom. The van der Waals surface area contributed by atoms with Gasteiger partial charge in [-0.2, -0.15) is 0 Å². The van der Waals surface area contributed by atoms with Crippen molar-refractivity contribution in [1.82, 2.24) is 25.0 Å². The van der Waals surface area contributed by atoms with Gasteiger partial charge in [0.25, 0.3) is 5.56 Å². The molecule has 21 heavy (non-hydrogen) atoms. The van der Waals surface area contributed by atoms with Gasteiger partial charge in [-0.05, 0) is 45.8 Å². The fraction of sp³-hybridized carbons (Fsp3) is 0.467. The molecule has 0 aromatic carbocycles. The summed E-state index contributed by atoms with van der Waals surface area (Å²) >= 11 is 0. The van der Waals surface area contributed by atoms with Crippen LogP contribution in [0.3, 0.4) is 0 Å². The van der Waals surface area contributed by atoms with E-state index in [-0.39, 0.29) is 11.1 Å². The fourth-order valence-corrected chi connectivity index (χ4v) is 1.98. The van der Waals surface area contributed by atoms with Crippen LogP contribution < -0.4 is 5.56 Å². The molecule has 0 aliphatic heterocycles. The van der Waals surface area contributed by atoms with Crippen molar-refractivity contribution in [2.24, 2.45) is 0 Å². The first kappa shape index (κ1) is 13.7. The SMILES string of the molecule is CC(C)(C)n1cc(/C=C/c2cc(=O)[nH]c(C3CC3)n2)nn1. The van der Waals surface area contributed by atoms with Crippen LogP contribution >= 0.6 is 0 Å². The number of nitrogens with one attached hydrogen (secondary N) is 1. The highest BCUT2D eigenvalue weighted by molar-refractivity contribution is 5.65. The zero-order valence-corrected chi connectivity index (χ0v) is 12.5. The maximum absolute atomic E-state index is 11.6. The summed E-state index contributed by atoms with van der Waals surface area (Å²) in [6, 6.07) is 1.50. The minimum atomic E-state index is -0.107. The standard InChI is InChI=1S/C15H19N5O/c1-15(2,3)20-9-12(18-19-20)7-6-11-8-13(21)17-14(16-11)10-4-5-10/h6-10H,4-5H2,1-3H3,(H,16,17,21)/b7-6+. The maximum Gasteiger partial charge on any atom is 0.251 e. The first-order chi connectivity index (χ1) is 9.91. The van der Waals surface area contributed by atoms with Gasteiger partial charge in [-0.15, -0.1) is 5.10 Å². The van der Waals surface area contributed by atoms with Crippen molar-refractivity contribution in [1.29, 1.82) is 0 Å². The maximum atomic E-state index is 11.6. The van der Waals surface area contributed by atoms with Crippen molar-refractivity contribution in [3.05, 3.63) is 39.8 Å². The highest BCUT2D eigenvalue weighted by Crippen LogP contribution is 2.37. The molecule has 0 saturated heterocycles. The quantitative estimate of drug-likeness (QED) is 0.937. The zero-order valence-electron chi connectivity index (χ0n) is 12.5. The van der Waals surface area contributed by atoms with Gasteiger partial charge in [0.05, 0.1) is 17.4 Å². The number of aromatic nitrogens is 5. The molecule has 0 spiro atoms. The molecule has 0 amide bonds. The molecule has 2 aromatic heterocycles. The second kappa shape index (κ2) is 4.95. The van der Waals surface area contributed by atoms with E-state index in [1.54, 1.807) is 6.08 Å². The monoisotopic (exact) mass is 285 g/mol. The molecule has 0 unspecified atom stereocenters. The topological polar surface area (TPSA) is 76.5 Å². The van der Waals surface area contributed by atoms with Gasteiger partial charge in [-0.25, -0.2) is 9.67 Å². The van der Waals surface area contributed by atoms with Crippen LogP contribution in [0.25, 0.3) is 12.2 Å². The second-order valence-corrected chi connectivity index (χ2v) is 6.42. The van der Waals surface area contributed by atoms with Crippen molar-refractivity contribution >= 4 is 12.2 Å². The summed E-state index contributed by atoms with van der Waals surface area (Å²) in [5.74, 6) is 1.22. The molecule has 1 saturated carbocycles. The van der Waals surface area contributed by atoms with Gasteiger partial charge in [0.1, 0.15) is 11.5 Å². The average Bonchev–Trinajstić information content (AvgIpc) is 3.13. The largest absolute Gasteiger partial charge is 0.310 e. The Morgan fingerprint density at radius 3 is 2.62 bits per heavy atom. The molecule has 0 atom stereocenters. The summed E-state index contributed by atoms with van der Waals surface area (Å²) in [6.45, 7) is 6.19. The van der Waals surface area contributed by atoms with E-state index < -0.39 is 0 Å². The highest BCUT2D eigenvalue weighted by Gasteiger charge is 2.26. The number of rotatable bonds is 3. The van der Waals surface area contributed by atoms with Crippen molar-refractivity contribution in [2.75, 3.05) is 0 Å². The Bertz CT molecular complexity index is 731. The Labute approximate surface area is 122 Å². The lowest BCUT2D eigenvalue weighted by molar-refractivity contribution is 0.347. The van der Waals surface area contributed by atoms with Crippen molar-refractivity contribution in [2.45, 2.75) is 45.1 Å². The van der Waals surface area contributed by atoms with E-state index in [2.05, 4.69) is 41.1 Å². The molecule has 6 nitrogen and oxygen atoms in total. The van der Waals surface area contributed by atoms with Crippen LogP contribution in [0.5, 0.6) is 0 Å². The van der Waals surface area contributed by atoms with Gasteiger partial charge in [0.15, 0.2) is 0 Å². The number of nitrogens with zero attached hydrogens (tertiary/aromatic N) is 4. The Balaban J connectivity index is 1.82. The first-order valence-electron chi connectivity index (χ1n) is 7.14. The molecule has 0 bridgehead atoms. The van der Waals surface area contributed by atoms with Crippen LogP contribution in [-0.4, -0.2) is 25.0 Å². The summed E-state index contributed by atoms with van der Waals surface area (Å²) in [7, 11) is 0. The summed E-state index contributed by atoms with van der Waals surface area (Å²) in [5.41, 5.74) is 1.20. The van der Waals surface area contributed by atoms with E-state index in [4.69, 9.17) is 0 Å². The Morgan fingerprint density at radius 2 is 2.00 bits per heavy atom. The van der Waals surface area contributed by atoms with Crippen molar-refractivity contribution in [3.63, 3.8) is 0 Å². The zero-order chi connectivity index (χ0) is 15.0.